The van der Waals surface area contributed by atoms with Crippen molar-refractivity contribution in [2.45, 2.75) is 0 Å². The summed E-state index contributed by atoms with van der Waals surface area (Å²) in [7, 11) is 1.81. The topological polar surface area (TPSA) is 56.7 Å². The number of hydrogen-bond donors (Lipinski definition) is 1. The van der Waals surface area contributed by atoms with Crippen molar-refractivity contribution in [3.63, 3.8) is 0 Å². The summed E-state index contributed by atoms with van der Waals surface area (Å²) < 4.78 is 2.45. The lowest BCUT2D eigenvalue weighted by atomic mass is 10.2. The molecule has 72 valence electrons. The summed E-state index contributed by atoms with van der Waals surface area (Å²) in [6.07, 6.45) is 1.76. The molecule has 0 spiro atoms. The Morgan fingerprint density at radius 3 is 2.71 bits per heavy atom. The Labute approximate surface area is 89.9 Å². The first-order chi connectivity index (χ1) is 6.66. The molecule has 0 saturated carbocycles. The number of nitrogens with zero attached hydrogens (tertiary/aromatic N) is 3. The van der Waals surface area contributed by atoms with Crippen LogP contribution in [0.3, 0.4) is 0 Å². The molecule has 0 saturated heterocycles. The maximum atomic E-state index is 5.68. The van der Waals surface area contributed by atoms with Gasteiger partial charge in [-0.05, 0) is 28.1 Å². The lowest BCUT2D eigenvalue weighted by Crippen LogP contribution is -1.96. The predicted molar refractivity (Wildman–Crippen MR) is 58.6 cm³/mol. The highest BCUT2D eigenvalue weighted by atomic mass is 79.9. The van der Waals surface area contributed by atoms with E-state index in [1.807, 2.05) is 25.2 Å². The second kappa shape index (κ2) is 3.42. The lowest BCUT2D eigenvalue weighted by Gasteiger charge is -1.94. The summed E-state index contributed by atoms with van der Waals surface area (Å²) in [6, 6.07) is 5.64. The first-order valence-electron chi connectivity index (χ1n) is 4.08. The molecular formula is C9H9BrN4. The Morgan fingerprint density at radius 1 is 1.43 bits per heavy atom. The van der Waals surface area contributed by atoms with Crippen LogP contribution in [0, 0.1) is 0 Å². The molecule has 14 heavy (non-hydrogen) atoms. The number of halogens is 1. The maximum Gasteiger partial charge on any atom is 0.121 e. The number of nitrogens with two attached hydrogens (primary N) is 1. The van der Waals surface area contributed by atoms with Gasteiger partial charge in [-0.25, -0.2) is 4.98 Å². The van der Waals surface area contributed by atoms with Gasteiger partial charge in [-0.15, -0.1) is 0 Å². The quantitative estimate of drug-likeness (QED) is 0.789. The zero-order valence-corrected chi connectivity index (χ0v) is 9.19. The number of nitrogen functional groups attached to an aromatic ring is 1. The van der Waals surface area contributed by atoms with Gasteiger partial charge in [-0.2, -0.15) is 5.10 Å². The Kier molecular flexibility index (Phi) is 2.25. The van der Waals surface area contributed by atoms with Gasteiger partial charge in [0.15, 0.2) is 0 Å². The van der Waals surface area contributed by atoms with Crippen molar-refractivity contribution in [3.05, 3.63) is 29.0 Å². The summed E-state index contributed by atoms with van der Waals surface area (Å²) >= 11 is 3.28. The molecule has 2 rings (SSSR count). The van der Waals surface area contributed by atoms with Gasteiger partial charge in [0.2, 0.25) is 0 Å². The molecule has 0 radical (unpaired) electrons. The Morgan fingerprint density at radius 2 is 2.21 bits per heavy atom. The van der Waals surface area contributed by atoms with Gasteiger partial charge in [0.1, 0.15) is 10.4 Å². The Hall–Kier alpha value is -1.36. The summed E-state index contributed by atoms with van der Waals surface area (Å²) in [5.74, 6) is 0.642. The number of rotatable bonds is 1. The fraction of sp³-hybridized carbons (Fsp3) is 0.111. The minimum atomic E-state index is 0.642. The van der Waals surface area contributed by atoms with E-state index in [1.54, 1.807) is 10.9 Å². The fourth-order valence-corrected chi connectivity index (χ4v) is 1.38. The predicted octanol–water partition coefficient (Wildman–Crippen LogP) is 1.83. The van der Waals surface area contributed by atoms with Crippen LogP contribution in [0.4, 0.5) is 5.82 Å². The molecule has 0 aliphatic heterocycles. The van der Waals surface area contributed by atoms with E-state index in [1.165, 1.54) is 0 Å². The molecule has 0 bridgehead atoms. The molecule has 2 aromatic rings. The molecule has 0 aliphatic carbocycles. The van der Waals surface area contributed by atoms with Gasteiger partial charge in [-0.3, -0.25) is 4.68 Å². The van der Waals surface area contributed by atoms with Crippen molar-refractivity contribution in [1.82, 2.24) is 14.8 Å². The molecule has 2 aromatic heterocycles. The van der Waals surface area contributed by atoms with E-state index < -0.39 is 0 Å². The molecule has 0 unspecified atom stereocenters. The second-order valence-electron chi connectivity index (χ2n) is 2.95. The maximum absolute atomic E-state index is 5.68. The van der Waals surface area contributed by atoms with Gasteiger partial charge in [0, 0.05) is 24.9 Å². The van der Waals surface area contributed by atoms with Crippen LogP contribution in [0.25, 0.3) is 11.3 Å². The molecule has 5 heteroatoms. The third-order valence-electron chi connectivity index (χ3n) is 1.94. The number of pyridine rings is 1. The van der Waals surface area contributed by atoms with Gasteiger partial charge in [-0.1, -0.05) is 0 Å². The van der Waals surface area contributed by atoms with Gasteiger partial charge in [0.25, 0.3) is 0 Å². The summed E-state index contributed by atoms with van der Waals surface area (Å²) in [5.41, 5.74) is 7.48. The largest absolute Gasteiger partial charge is 0.384 e. The first kappa shape index (κ1) is 9.21. The highest BCUT2D eigenvalue weighted by Gasteiger charge is 2.04. The molecular weight excluding hydrogens is 244 g/mol. The lowest BCUT2D eigenvalue weighted by molar-refractivity contribution is 0.782. The molecule has 4 nitrogen and oxygen atoms in total. The van der Waals surface area contributed by atoms with Crippen molar-refractivity contribution in [2.75, 3.05) is 5.73 Å². The van der Waals surface area contributed by atoms with Gasteiger partial charge < -0.3 is 5.73 Å². The van der Waals surface area contributed by atoms with Crippen molar-refractivity contribution in [3.8, 4) is 11.3 Å². The first-order valence-corrected chi connectivity index (χ1v) is 4.87. The number of hydrogen-bond acceptors (Lipinski definition) is 3. The molecule has 0 fully saturated rings. The van der Waals surface area contributed by atoms with Crippen molar-refractivity contribution in [2.24, 2.45) is 7.05 Å². The van der Waals surface area contributed by atoms with Gasteiger partial charge >= 0.3 is 0 Å². The van der Waals surface area contributed by atoms with E-state index >= 15 is 0 Å². The van der Waals surface area contributed by atoms with Crippen molar-refractivity contribution >= 4 is 21.7 Å². The van der Waals surface area contributed by atoms with Crippen LogP contribution in [0.1, 0.15) is 0 Å². The molecule has 2 heterocycles. The average Bonchev–Trinajstić information content (AvgIpc) is 2.48. The monoisotopic (exact) mass is 252 g/mol. The summed E-state index contributed by atoms with van der Waals surface area (Å²) in [4.78, 5) is 4.12. The van der Waals surface area contributed by atoms with E-state index in [0.29, 0.717) is 5.82 Å². The van der Waals surface area contributed by atoms with Crippen LogP contribution in [0.15, 0.2) is 29.0 Å². The third kappa shape index (κ3) is 1.63. The number of aryl methyl sites for hydroxylation is 1. The van der Waals surface area contributed by atoms with Crippen LogP contribution in [0.2, 0.25) is 0 Å². The molecule has 0 aliphatic rings. The minimum Gasteiger partial charge on any atom is -0.384 e. The summed E-state index contributed by atoms with van der Waals surface area (Å²) in [6.45, 7) is 0. The summed E-state index contributed by atoms with van der Waals surface area (Å²) in [5, 5.41) is 4.25. The van der Waals surface area contributed by atoms with Crippen LogP contribution in [-0.4, -0.2) is 14.8 Å². The normalized spacial score (nSPS) is 10.4. The van der Waals surface area contributed by atoms with E-state index in [0.717, 1.165) is 15.9 Å². The van der Waals surface area contributed by atoms with Crippen LogP contribution >= 0.6 is 15.9 Å². The van der Waals surface area contributed by atoms with Crippen molar-refractivity contribution in [1.29, 1.82) is 0 Å². The van der Waals surface area contributed by atoms with Crippen LogP contribution in [-0.2, 0) is 7.05 Å². The van der Waals surface area contributed by atoms with E-state index in [9.17, 15) is 0 Å². The Balaban J connectivity index is 2.44. The number of anilines is 1. The standard InChI is InChI=1S/C9H9BrN4/c1-14-9(11)4-7(13-14)6-2-3-8(10)12-5-6/h2-5H,11H2,1H3. The fourth-order valence-electron chi connectivity index (χ4n) is 1.15. The second-order valence-corrected chi connectivity index (χ2v) is 3.76. The van der Waals surface area contributed by atoms with E-state index in [4.69, 9.17) is 5.73 Å². The Bertz CT molecular complexity index is 427. The van der Waals surface area contributed by atoms with E-state index in [2.05, 4.69) is 26.0 Å². The zero-order valence-electron chi connectivity index (χ0n) is 7.61. The minimum absolute atomic E-state index is 0.642. The highest BCUT2D eigenvalue weighted by molar-refractivity contribution is 9.10. The third-order valence-corrected chi connectivity index (χ3v) is 2.41. The molecule has 0 atom stereocenters. The highest BCUT2D eigenvalue weighted by Crippen LogP contribution is 2.19. The molecule has 0 amide bonds. The average molecular weight is 253 g/mol. The van der Waals surface area contributed by atoms with Crippen molar-refractivity contribution < 1.29 is 0 Å². The smallest absolute Gasteiger partial charge is 0.121 e. The van der Waals surface area contributed by atoms with Crippen LogP contribution in [0.5, 0.6) is 0 Å². The number of aromatic nitrogens is 3. The SMILES string of the molecule is Cn1nc(-c2ccc(Br)nc2)cc1N. The molecule has 0 aromatic carbocycles. The van der Waals surface area contributed by atoms with Gasteiger partial charge in [0.05, 0.1) is 5.69 Å². The zero-order chi connectivity index (χ0) is 10.1. The van der Waals surface area contributed by atoms with E-state index in [-0.39, 0.29) is 0 Å². The van der Waals surface area contributed by atoms with Crippen LogP contribution < -0.4 is 5.73 Å². The molecule has 2 N–H and O–H groups in total.